The maximum absolute atomic E-state index is 12.7. The van der Waals surface area contributed by atoms with E-state index in [0.717, 1.165) is 96.3 Å². The zero-order chi connectivity index (χ0) is 49.2. The summed E-state index contributed by atoms with van der Waals surface area (Å²) >= 11 is 0. The molecule has 2 unspecified atom stereocenters. The van der Waals surface area contributed by atoms with Crippen LogP contribution in [0, 0.1) is 0 Å². The van der Waals surface area contributed by atoms with E-state index in [0.29, 0.717) is 17.4 Å². The molecule has 0 rings (SSSR count). The molecule has 384 valence electrons. The molecule has 0 radical (unpaired) electrons. The van der Waals surface area contributed by atoms with Gasteiger partial charge in [-0.05, 0) is 77.0 Å². The molecule has 0 aromatic rings. The number of carbonyl (C=O) groups is 2. The topological polar surface area (TPSA) is 108 Å². The molecule has 0 aliphatic heterocycles. The van der Waals surface area contributed by atoms with Crippen molar-refractivity contribution in [2.24, 2.45) is 0 Å². The van der Waals surface area contributed by atoms with Gasteiger partial charge in [-0.15, -0.1) is 0 Å². The van der Waals surface area contributed by atoms with E-state index >= 15 is 0 Å². The predicted molar refractivity (Wildman–Crippen MR) is 284 cm³/mol. The number of carbonyl (C=O) groups excluding carboxylic acids is 2. The number of unbranched alkanes of at least 4 members (excludes halogenated alkanes) is 17. The SMILES string of the molecule is CC/C=C\C/C=C\C/C=C\C/C=C\C/C=C\C/C=C\C/C=C\C/C=C\CCCCCCCCCCC(=O)OC(COC(=O)CCCCCCCCCCCC)COP(=O)(O)OCC[N+](C)(C)C. The van der Waals surface area contributed by atoms with Crippen LogP contribution in [-0.4, -0.2) is 74.9 Å². The highest BCUT2D eigenvalue weighted by Crippen LogP contribution is 2.43. The van der Waals surface area contributed by atoms with Crippen molar-refractivity contribution in [1.82, 2.24) is 0 Å². The molecule has 0 aromatic heterocycles. The van der Waals surface area contributed by atoms with Crippen molar-refractivity contribution in [2.45, 2.75) is 206 Å². The lowest BCUT2D eigenvalue weighted by Crippen LogP contribution is -2.37. The zero-order valence-corrected chi connectivity index (χ0v) is 44.2. The van der Waals surface area contributed by atoms with Crippen molar-refractivity contribution in [3.8, 4) is 0 Å². The third-order valence-electron chi connectivity index (χ3n) is 10.9. The van der Waals surface area contributed by atoms with Crippen LogP contribution in [0.15, 0.2) is 97.2 Å². The Labute approximate surface area is 411 Å². The first-order chi connectivity index (χ1) is 32.5. The van der Waals surface area contributed by atoms with E-state index in [4.69, 9.17) is 18.5 Å². The third kappa shape index (κ3) is 52.2. The molecule has 0 fully saturated rings. The van der Waals surface area contributed by atoms with Gasteiger partial charge in [0.15, 0.2) is 6.10 Å². The Bertz CT molecular complexity index is 1450. The molecule has 0 aliphatic carbocycles. The Morgan fingerprint density at radius 2 is 0.851 bits per heavy atom. The highest BCUT2D eigenvalue weighted by Gasteiger charge is 2.27. The molecule has 0 saturated carbocycles. The van der Waals surface area contributed by atoms with Crippen molar-refractivity contribution in [3.05, 3.63) is 97.2 Å². The van der Waals surface area contributed by atoms with Crippen molar-refractivity contribution in [3.63, 3.8) is 0 Å². The molecule has 0 aromatic carbocycles. The van der Waals surface area contributed by atoms with Crippen LogP contribution >= 0.6 is 7.82 Å². The summed E-state index contributed by atoms with van der Waals surface area (Å²) in [7, 11) is 1.46. The first-order valence-electron chi connectivity index (χ1n) is 26.5. The molecular weight excluding hydrogens is 858 g/mol. The van der Waals surface area contributed by atoms with Crippen LogP contribution in [0.2, 0.25) is 0 Å². The fraction of sp³-hybridized carbons (Fsp3) is 0.684. The molecule has 0 aliphatic rings. The summed E-state index contributed by atoms with van der Waals surface area (Å²) in [5.41, 5.74) is 0. The van der Waals surface area contributed by atoms with Gasteiger partial charge in [0.1, 0.15) is 19.8 Å². The second-order valence-electron chi connectivity index (χ2n) is 18.5. The number of phosphoric ester groups is 1. The number of ether oxygens (including phenoxy) is 2. The lowest BCUT2D eigenvalue weighted by molar-refractivity contribution is -0.870. The number of nitrogens with zero attached hydrogens (tertiary/aromatic N) is 1. The number of allylic oxidation sites excluding steroid dienone is 16. The summed E-state index contributed by atoms with van der Waals surface area (Å²) in [6.45, 7) is 4.27. The van der Waals surface area contributed by atoms with Gasteiger partial charge in [0.2, 0.25) is 0 Å². The van der Waals surface area contributed by atoms with Gasteiger partial charge in [0, 0.05) is 12.8 Å². The number of hydrogen-bond donors (Lipinski definition) is 1. The zero-order valence-electron chi connectivity index (χ0n) is 43.3. The highest BCUT2D eigenvalue weighted by atomic mass is 31.2. The Kier molecular flexibility index (Phi) is 45.8. The van der Waals surface area contributed by atoms with Crippen molar-refractivity contribution in [2.75, 3.05) is 47.5 Å². The third-order valence-corrected chi connectivity index (χ3v) is 11.9. The summed E-state index contributed by atoms with van der Waals surface area (Å²) in [6, 6.07) is 0. The minimum atomic E-state index is -4.38. The lowest BCUT2D eigenvalue weighted by Gasteiger charge is -2.24. The molecule has 9 nitrogen and oxygen atoms in total. The Hall–Kier alpha value is -3.07. The average molecular weight is 957 g/mol. The average Bonchev–Trinajstić information content (AvgIpc) is 3.29. The van der Waals surface area contributed by atoms with E-state index in [2.05, 4.69) is 111 Å². The second kappa shape index (κ2) is 48.0. The summed E-state index contributed by atoms with van der Waals surface area (Å²) in [4.78, 5) is 35.4. The number of quaternary nitrogens is 1. The second-order valence-corrected chi connectivity index (χ2v) is 20.0. The monoisotopic (exact) mass is 957 g/mol. The van der Waals surface area contributed by atoms with Crippen molar-refractivity contribution < 1.29 is 42.1 Å². The van der Waals surface area contributed by atoms with Gasteiger partial charge in [-0.25, -0.2) is 4.57 Å². The molecule has 0 bridgehead atoms. The standard InChI is InChI=1S/C57H98NO8P/c1-6-8-10-12-14-16-18-19-20-21-22-23-24-25-26-27-28-29-30-31-32-33-34-35-36-37-38-39-40-42-44-46-48-50-57(60)66-55(54-65-67(61,62)64-52-51-58(3,4)5)53-63-56(59)49-47-45-43-41-17-15-13-11-9-7-2/h8,10,14,16,19-20,22-23,25-26,28-29,31-32,34-35,55H,6-7,9,11-13,15,17-18,21,24,27,30,33,36-54H2,1-5H3/p+1/b10-8-,16-14-,20-19-,23-22-,26-25-,29-28-,32-31-,35-34-. The first-order valence-corrected chi connectivity index (χ1v) is 28.0. The minimum Gasteiger partial charge on any atom is -0.462 e. The normalized spacial score (nSPS) is 14.2. The van der Waals surface area contributed by atoms with Gasteiger partial charge in [0.05, 0.1) is 27.7 Å². The number of esters is 2. The molecule has 67 heavy (non-hydrogen) atoms. The Morgan fingerprint density at radius 3 is 1.27 bits per heavy atom. The van der Waals surface area contributed by atoms with E-state index in [1.807, 2.05) is 21.1 Å². The van der Waals surface area contributed by atoms with Gasteiger partial charge < -0.3 is 18.9 Å². The van der Waals surface area contributed by atoms with E-state index in [9.17, 15) is 19.0 Å². The summed E-state index contributed by atoms with van der Waals surface area (Å²) in [5.74, 6) is -0.813. The van der Waals surface area contributed by atoms with E-state index in [-0.39, 0.29) is 32.0 Å². The number of rotatable bonds is 47. The molecule has 0 amide bonds. The molecule has 0 spiro atoms. The smallest absolute Gasteiger partial charge is 0.462 e. The molecular formula is C57H99NO8P+. The van der Waals surface area contributed by atoms with Crippen LogP contribution in [-0.2, 0) is 32.7 Å². The van der Waals surface area contributed by atoms with Crippen LogP contribution in [0.25, 0.3) is 0 Å². The summed E-state index contributed by atoms with van der Waals surface area (Å²) in [5, 5.41) is 0. The van der Waals surface area contributed by atoms with Crippen molar-refractivity contribution in [1.29, 1.82) is 0 Å². The van der Waals surface area contributed by atoms with Gasteiger partial charge in [0.25, 0.3) is 0 Å². The van der Waals surface area contributed by atoms with E-state index in [1.54, 1.807) is 0 Å². The van der Waals surface area contributed by atoms with Crippen LogP contribution < -0.4 is 0 Å². The van der Waals surface area contributed by atoms with Gasteiger partial charge in [-0.2, -0.15) is 0 Å². The summed E-state index contributed by atoms with van der Waals surface area (Å²) < 4.78 is 34.4. The van der Waals surface area contributed by atoms with E-state index < -0.39 is 26.5 Å². The van der Waals surface area contributed by atoms with Crippen molar-refractivity contribution >= 4 is 19.8 Å². The van der Waals surface area contributed by atoms with Gasteiger partial charge in [-0.1, -0.05) is 207 Å². The molecule has 0 heterocycles. The van der Waals surface area contributed by atoms with Crippen LogP contribution in [0.5, 0.6) is 0 Å². The molecule has 0 saturated heterocycles. The fourth-order valence-electron chi connectivity index (χ4n) is 6.79. The van der Waals surface area contributed by atoms with Gasteiger partial charge in [-0.3, -0.25) is 18.6 Å². The number of hydrogen-bond acceptors (Lipinski definition) is 7. The molecule has 2 atom stereocenters. The Morgan fingerprint density at radius 1 is 0.478 bits per heavy atom. The molecule has 1 N–H and O–H groups in total. The first kappa shape index (κ1) is 63.9. The van der Waals surface area contributed by atoms with Crippen LogP contribution in [0.3, 0.4) is 0 Å². The maximum atomic E-state index is 12.7. The van der Waals surface area contributed by atoms with E-state index in [1.165, 1.54) is 70.6 Å². The fourth-order valence-corrected chi connectivity index (χ4v) is 7.54. The Balaban J connectivity index is 4.14. The van der Waals surface area contributed by atoms with Crippen LogP contribution in [0.4, 0.5) is 0 Å². The largest absolute Gasteiger partial charge is 0.472 e. The number of likely N-dealkylation sites (N-methyl/N-ethyl adjacent to an activating group) is 1. The quantitative estimate of drug-likeness (QED) is 0.0211. The highest BCUT2D eigenvalue weighted by molar-refractivity contribution is 7.47. The minimum absolute atomic E-state index is 0.0265. The summed E-state index contributed by atoms with van der Waals surface area (Å²) in [6.07, 6.45) is 64.8. The molecule has 10 heteroatoms. The predicted octanol–water partition coefficient (Wildman–Crippen LogP) is 16.1. The van der Waals surface area contributed by atoms with Gasteiger partial charge >= 0.3 is 19.8 Å². The van der Waals surface area contributed by atoms with Crippen LogP contribution in [0.1, 0.15) is 200 Å². The maximum Gasteiger partial charge on any atom is 0.472 e. The lowest BCUT2D eigenvalue weighted by atomic mass is 10.1. The number of phosphoric acid groups is 1.